The second-order valence-corrected chi connectivity index (χ2v) is 5.90. The Morgan fingerprint density at radius 1 is 1.12 bits per heavy atom. The van der Waals surface area contributed by atoms with Gasteiger partial charge in [-0.05, 0) is 26.0 Å². The molecule has 0 aromatic heterocycles. The molecule has 1 aliphatic heterocycles. The van der Waals surface area contributed by atoms with Gasteiger partial charge in [-0.25, -0.2) is 12.7 Å². The Morgan fingerprint density at radius 2 is 1.71 bits per heavy atom. The Balaban J connectivity index is 2.39. The fraction of sp³-hybridized carbons (Fsp3) is 0.250. The summed E-state index contributed by atoms with van der Waals surface area (Å²) in [6.45, 7) is 3.62. The van der Waals surface area contributed by atoms with Crippen molar-refractivity contribution < 1.29 is 13.2 Å². The number of aryl methyl sites for hydroxylation is 1. The fourth-order valence-electron chi connectivity index (χ4n) is 1.63. The fourth-order valence-corrected chi connectivity index (χ4v) is 3.00. The van der Waals surface area contributed by atoms with Gasteiger partial charge in [0, 0.05) is 5.57 Å². The molecule has 5 heteroatoms. The quantitative estimate of drug-likeness (QED) is 0.800. The standard InChI is InChI=1S/C12H13NO3S/c1-9-3-5-11(6-4-9)17(15,16)13-8-7-10(2)12(13)14/h3-7H,8H2,1-2H3. The van der Waals surface area contributed by atoms with Gasteiger partial charge in [0.25, 0.3) is 15.9 Å². The van der Waals surface area contributed by atoms with Crippen molar-refractivity contribution in [3.8, 4) is 0 Å². The number of hydrogen-bond acceptors (Lipinski definition) is 3. The molecule has 1 aromatic carbocycles. The van der Waals surface area contributed by atoms with Crippen LogP contribution in [-0.2, 0) is 14.8 Å². The Kier molecular flexibility index (Phi) is 2.79. The maximum absolute atomic E-state index is 12.2. The van der Waals surface area contributed by atoms with Gasteiger partial charge in [0.05, 0.1) is 11.4 Å². The molecule has 0 bridgehead atoms. The van der Waals surface area contributed by atoms with Gasteiger partial charge >= 0.3 is 0 Å². The predicted molar refractivity (Wildman–Crippen MR) is 63.8 cm³/mol. The van der Waals surface area contributed by atoms with Crippen molar-refractivity contribution in [2.45, 2.75) is 18.7 Å². The van der Waals surface area contributed by atoms with Crippen LogP contribution in [0.5, 0.6) is 0 Å². The Labute approximate surface area is 101 Å². The first-order valence-electron chi connectivity index (χ1n) is 5.23. The molecule has 0 aliphatic carbocycles. The summed E-state index contributed by atoms with van der Waals surface area (Å²) in [5.41, 5.74) is 1.45. The maximum atomic E-state index is 12.2. The first kappa shape index (κ1) is 11.9. The third-order valence-corrected chi connectivity index (χ3v) is 4.50. The number of carbonyl (C=O) groups excluding carboxylic acids is 1. The van der Waals surface area contributed by atoms with E-state index in [2.05, 4.69) is 0 Å². The third-order valence-electron chi connectivity index (χ3n) is 2.74. The van der Waals surface area contributed by atoms with Gasteiger partial charge in [0.2, 0.25) is 0 Å². The summed E-state index contributed by atoms with van der Waals surface area (Å²) in [5.74, 6) is -0.439. The van der Waals surface area contributed by atoms with Crippen molar-refractivity contribution in [2.24, 2.45) is 0 Å². The normalized spacial score (nSPS) is 16.2. The van der Waals surface area contributed by atoms with Crippen molar-refractivity contribution in [3.05, 3.63) is 41.5 Å². The van der Waals surface area contributed by atoms with Gasteiger partial charge in [-0.1, -0.05) is 23.8 Å². The summed E-state index contributed by atoms with van der Waals surface area (Å²) in [7, 11) is -3.71. The molecule has 4 nitrogen and oxygen atoms in total. The summed E-state index contributed by atoms with van der Waals surface area (Å²) >= 11 is 0. The van der Waals surface area contributed by atoms with Crippen molar-refractivity contribution in [1.82, 2.24) is 4.31 Å². The molecule has 1 aliphatic rings. The summed E-state index contributed by atoms with van der Waals surface area (Å²) in [5, 5.41) is 0. The van der Waals surface area contributed by atoms with Crippen molar-refractivity contribution in [3.63, 3.8) is 0 Å². The SMILES string of the molecule is CC1=CCN(S(=O)(=O)c2ccc(C)cc2)C1=O. The zero-order valence-electron chi connectivity index (χ0n) is 9.67. The van der Waals surface area contributed by atoms with Crippen LogP contribution in [0.3, 0.4) is 0 Å². The molecule has 0 unspecified atom stereocenters. The minimum Gasteiger partial charge on any atom is -0.268 e. The van der Waals surface area contributed by atoms with Gasteiger partial charge in [-0.2, -0.15) is 0 Å². The molecule has 0 radical (unpaired) electrons. The second kappa shape index (κ2) is 4.00. The lowest BCUT2D eigenvalue weighted by atomic mass is 10.2. The molecular formula is C12H13NO3S. The van der Waals surface area contributed by atoms with Crippen LogP contribution in [0, 0.1) is 6.92 Å². The van der Waals surface area contributed by atoms with Crippen molar-refractivity contribution >= 4 is 15.9 Å². The average Bonchev–Trinajstić information content (AvgIpc) is 2.61. The van der Waals surface area contributed by atoms with Crippen LogP contribution >= 0.6 is 0 Å². The lowest BCUT2D eigenvalue weighted by Crippen LogP contribution is -2.33. The molecule has 1 amide bonds. The molecule has 1 heterocycles. The van der Waals surface area contributed by atoms with Crippen molar-refractivity contribution in [2.75, 3.05) is 6.54 Å². The monoisotopic (exact) mass is 251 g/mol. The van der Waals surface area contributed by atoms with Crippen LogP contribution in [0.4, 0.5) is 0 Å². The molecule has 90 valence electrons. The van der Waals surface area contributed by atoms with Gasteiger partial charge in [0.1, 0.15) is 0 Å². The largest absolute Gasteiger partial charge is 0.268 e. The van der Waals surface area contributed by atoms with E-state index in [1.807, 2.05) is 6.92 Å². The molecule has 1 aromatic rings. The van der Waals surface area contributed by atoms with Crippen LogP contribution in [0.1, 0.15) is 12.5 Å². The van der Waals surface area contributed by atoms with E-state index in [1.165, 1.54) is 12.1 Å². The van der Waals surface area contributed by atoms with Gasteiger partial charge in [-0.15, -0.1) is 0 Å². The number of carbonyl (C=O) groups is 1. The van der Waals surface area contributed by atoms with Crippen molar-refractivity contribution in [1.29, 1.82) is 0 Å². The minimum absolute atomic E-state index is 0.126. The summed E-state index contributed by atoms with van der Waals surface area (Å²) in [6, 6.07) is 6.47. The van der Waals surface area contributed by atoms with E-state index in [-0.39, 0.29) is 11.4 Å². The molecule has 0 spiro atoms. The third kappa shape index (κ3) is 1.98. The highest BCUT2D eigenvalue weighted by Crippen LogP contribution is 2.21. The van der Waals surface area contributed by atoms with Crippen LogP contribution in [-0.4, -0.2) is 25.2 Å². The number of rotatable bonds is 2. The van der Waals surface area contributed by atoms with Gasteiger partial charge in [-0.3, -0.25) is 4.79 Å². The highest BCUT2D eigenvalue weighted by molar-refractivity contribution is 7.89. The first-order valence-corrected chi connectivity index (χ1v) is 6.67. The topological polar surface area (TPSA) is 54.5 Å². The van der Waals surface area contributed by atoms with Crippen LogP contribution < -0.4 is 0 Å². The van der Waals surface area contributed by atoms with E-state index in [0.717, 1.165) is 9.87 Å². The second-order valence-electron chi connectivity index (χ2n) is 4.04. The molecule has 0 saturated carbocycles. The Hall–Kier alpha value is -1.62. The summed E-state index contributed by atoms with van der Waals surface area (Å²) < 4.78 is 25.2. The highest BCUT2D eigenvalue weighted by atomic mass is 32.2. The predicted octanol–water partition coefficient (Wildman–Crippen LogP) is 1.47. The lowest BCUT2D eigenvalue weighted by molar-refractivity contribution is -0.121. The van der Waals surface area contributed by atoms with E-state index in [1.54, 1.807) is 25.1 Å². The van der Waals surface area contributed by atoms with E-state index in [9.17, 15) is 13.2 Å². The van der Waals surface area contributed by atoms with E-state index < -0.39 is 15.9 Å². The number of nitrogens with zero attached hydrogens (tertiary/aromatic N) is 1. The number of amides is 1. The minimum atomic E-state index is -3.71. The maximum Gasteiger partial charge on any atom is 0.267 e. The molecule has 0 saturated heterocycles. The number of benzene rings is 1. The smallest absolute Gasteiger partial charge is 0.267 e. The number of hydrogen-bond donors (Lipinski definition) is 0. The molecular weight excluding hydrogens is 238 g/mol. The highest BCUT2D eigenvalue weighted by Gasteiger charge is 2.32. The first-order chi connectivity index (χ1) is 7.93. The van der Waals surface area contributed by atoms with E-state index in [4.69, 9.17) is 0 Å². The van der Waals surface area contributed by atoms with E-state index in [0.29, 0.717) is 5.57 Å². The lowest BCUT2D eigenvalue weighted by Gasteiger charge is -2.16. The molecule has 0 atom stereocenters. The Morgan fingerprint density at radius 3 is 2.18 bits per heavy atom. The van der Waals surface area contributed by atoms with Gasteiger partial charge < -0.3 is 0 Å². The van der Waals surface area contributed by atoms with Gasteiger partial charge in [0.15, 0.2) is 0 Å². The molecule has 0 fully saturated rings. The van der Waals surface area contributed by atoms with Crippen LogP contribution in [0.25, 0.3) is 0 Å². The molecule has 0 N–H and O–H groups in total. The van der Waals surface area contributed by atoms with E-state index >= 15 is 0 Å². The number of sulfonamides is 1. The average molecular weight is 251 g/mol. The zero-order valence-corrected chi connectivity index (χ0v) is 10.5. The van der Waals surface area contributed by atoms with Crippen LogP contribution in [0.15, 0.2) is 40.8 Å². The van der Waals surface area contributed by atoms with Crippen LogP contribution in [0.2, 0.25) is 0 Å². The zero-order chi connectivity index (χ0) is 12.6. The summed E-state index contributed by atoms with van der Waals surface area (Å²) in [6.07, 6.45) is 1.62. The molecule has 2 rings (SSSR count). The Bertz CT molecular complexity index is 585. The summed E-state index contributed by atoms with van der Waals surface area (Å²) in [4.78, 5) is 11.8. The molecule has 17 heavy (non-hydrogen) atoms.